The normalized spacial score (nSPS) is 34.8. The van der Waals surface area contributed by atoms with Crippen LogP contribution in [0.2, 0.25) is 0 Å². The van der Waals surface area contributed by atoms with Crippen LogP contribution >= 0.6 is 0 Å². The second-order valence-electron chi connectivity index (χ2n) is 3.07. The first-order valence-electron chi connectivity index (χ1n) is 3.35. The topological polar surface area (TPSA) is 63.3 Å². The van der Waals surface area contributed by atoms with Crippen LogP contribution < -0.4 is 5.73 Å². The number of carbonyl (C=O) groups is 1. The molecule has 1 aliphatic carbocycles. The van der Waals surface area contributed by atoms with Crippen molar-refractivity contribution >= 4 is 5.97 Å². The fraction of sp³-hybridized carbons (Fsp3) is 0.833. The monoisotopic (exact) mass is 183 g/mol. The van der Waals surface area contributed by atoms with E-state index in [1.54, 1.807) is 0 Å². The molecule has 0 radical (unpaired) electrons. The van der Waals surface area contributed by atoms with E-state index in [4.69, 9.17) is 10.8 Å². The zero-order valence-electron chi connectivity index (χ0n) is 6.06. The lowest BCUT2D eigenvalue weighted by Gasteiger charge is -2.07. The largest absolute Gasteiger partial charge is 0.480 e. The van der Waals surface area contributed by atoms with Gasteiger partial charge in [-0.05, 0) is 12.3 Å². The first-order chi connectivity index (χ1) is 5.26. The Morgan fingerprint density at radius 3 is 2.42 bits per heavy atom. The Bertz CT molecular complexity index is 215. The van der Waals surface area contributed by atoms with Gasteiger partial charge in [0.25, 0.3) is 0 Å². The van der Waals surface area contributed by atoms with Crippen molar-refractivity contribution in [3.05, 3.63) is 0 Å². The summed E-state index contributed by atoms with van der Waals surface area (Å²) in [6.07, 6.45) is -5.50. The number of hydrogen-bond acceptors (Lipinski definition) is 2. The van der Waals surface area contributed by atoms with Crippen molar-refractivity contribution in [2.45, 2.75) is 24.6 Å². The summed E-state index contributed by atoms with van der Waals surface area (Å²) in [7, 11) is 0. The molecule has 1 fully saturated rings. The second-order valence-corrected chi connectivity index (χ2v) is 3.07. The van der Waals surface area contributed by atoms with Crippen molar-refractivity contribution in [1.29, 1.82) is 0 Å². The molecule has 0 aromatic carbocycles. The molecule has 70 valence electrons. The van der Waals surface area contributed by atoms with Crippen molar-refractivity contribution in [2.75, 3.05) is 0 Å². The molecule has 2 atom stereocenters. The average Bonchev–Trinajstić information content (AvgIpc) is 2.38. The summed E-state index contributed by atoms with van der Waals surface area (Å²) < 4.78 is 35.1. The van der Waals surface area contributed by atoms with Gasteiger partial charge in [-0.2, -0.15) is 13.2 Å². The Balaban J connectivity index is 2.48. The smallest absolute Gasteiger partial charge is 0.389 e. The Morgan fingerprint density at radius 2 is 2.17 bits per heavy atom. The Labute approximate surface area is 66.4 Å². The first kappa shape index (κ1) is 9.31. The molecule has 0 bridgehead atoms. The fourth-order valence-electron chi connectivity index (χ4n) is 1.14. The summed E-state index contributed by atoms with van der Waals surface area (Å²) >= 11 is 0. The fourth-order valence-corrected chi connectivity index (χ4v) is 1.14. The predicted octanol–water partition coefficient (Wildman–Crippen LogP) is 0.741. The van der Waals surface area contributed by atoms with Crippen molar-refractivity contribution in [1.82, 2.24) is 0 Å². The standard InChI is InChI=1S/C6H8F3NO2/c7-6(8,9)2-3-1-5(3,10)4(11)12/h3H,1-2,10H2,(H,11,12)/t3-,5?/m1/s1. The van der Waals surface area contributed by atoms with Gasteiger partial charge >= 0.3 is 12.1 Å². The molecule has 0 saturated heterocycles. The highest BCUT2D eigenvalue weighted by Crippen LogP contribution is 2.47. The highest BCUT2D eigenvalue weighted by Gasteiger charge is 2.60. The molecule has 1 unspecified atom stereocenters. The summed E-state index contributed by atoms with van der Waals surface area (Å²) in [5, 5.41) is 8.39. The van der Waals surface area contributed by atoms with Crippen LogP contribution in [0, 0.1) is 5.92 Å². The lowest BCUT2D eigenvalue weighted by Crippen LogP contribution is -2.36. The maximum absolute atomic E-state index is 11.7. The van der Waals surface area contributed by atoms with Crippen LogP contribution in [0.1, 0.15) is 12.8 Å². The van der Waals surface area contributed by atoms with E-state index in [-0.39, 0.29) is 6.42 Å². The van der Waals surface area contributed by atoms with E-state index in [1.165, 1.54) is 0 Å². The van der Waals surface area contributed by atoms with Crippen LogP contribution in [0.15, 0.2) is 0 Å². The molecular weight excluding hydrogens is 175 g/mol. The summed E-state index contributed by atoms with van der Waals surface area (Å²) in [4.78, 5) is 10.3. The van der Waals surface area contributed by atoms with Gasteiger partial charge in [0.1, 0.15) is 5.54 Å². The Hall–Kier alpha value is -0.780. The molecular formula is C6H8F3NO2. The number of hydrogen-bond donors (Lipinski definition) is 2. The highest BCUT2D eigenvalue weighted by molar-refractivity contribution is 5.82. The third-order valence-electron chi connectivity index (χ3n) is 2.03. The molecule has 3 N–H and O–H groups in total. The van der Waals surface area contributed by atoms with E-state index in [1.807, 2.05) is 0 Å². The molecule has 0 amide bonds. The van der Waals surface area contributed by atoms with Crippen LogP contribution in [0.25, 0.3) is 0 Å². The van der Waals surface area contributed by atoms with Gasteiger partial charge < -0.3 is 10.8 Å². The van der Waals surface area contributed by atoms with Gasteiger partial charge in [-0.3, -0.25) is 4.79 Å². The molecule has 0 aliphatic heterocycles. The van der Waals surface area contributed by atoms with E-state index in [0.717, 1.165) is 0 Å². The third-order valence-corrected chi connectivity index (χ3v) is 2.03. The number of carboxylic acid groups (broad SMARTS) is 1. The minimum absolute atomic E-state index is 0.0815. The zero-order valence-corrected chi connectivity index (χ0v) is 6.06. The van der Waals surface area contributed by atoms with E-state index in [2.05, 4.69) is 0 Å². The van der Waals surface area contributed by atoms with Gasteiger partial charge in [0, 0.05) is 6.42 Å². The number of alkyl halides is 3. The zero-order chi connectivity index (χ0) is 9.57. The number of halogens is 3. The van der Waals surface area contributed by atoms with Crippen LogP contribution in [-0.4, -0.2) is 22.8 Å². The molecule has 6 heteroatoms. The predicted molar refractivity (Wildman–Crippen MR) is 33.3 cm³/mol. The first-order valence-corrected chi connectivity index (χ1v) is 3.35. The molecule has 0 heterocycles. The van der Waals surface area contributed by atoms with Crippen LogP contribution in [0.5, 0.6) is 0 Å². The van der Waals surface area contributed by atoms with Gasteiger partial charge in [0.05, 0.1) is 0 Å². The van der Waals surface area contributed by atoms with E-state index >= 15 is 0 Å². The van der Waals surface area contributed by atoms with Crippen molar-refractivity contribution < 1.29 is 23.1 Å². The quantitative estimate of drug-likeness (QED) is 0.663. The number of aliphatic carboxylic acids is 1. The van der Waals surface area contributed by atoms with Crippen molar-refractivity contribution in [3.8, 4) is 0 Å². The summed E-state index contributed by atoms with van der Waals surface area (Å²) in [6.45, 7) is 0. The maximum Gasteiger partial charge on any atom is 0.389 e. The Kier molecular flexibility index (Phi) is 1.82. The second kappa shape index (κ2) is 2.35. The SMILES string of the molecule is NC1(C(=O)O)C[C@@H]1CC(F)(F)F. The lowest BCUT2D eigenvalue weighted by molar-refractivity contribution is -0.145. The summed E-state index contributed by atoms with van der Waals surface area (Å²) in [5.74, 6) is -2.30. The van der Waals surface area contributed by atoms with Crippen molar-refractivity contribution in [2.24, 2.45) is 11.7 Å². The highest BCUT2D eigenvalue weighted by atomic mass is 19.4. The molecule has 1 rings (SSSR count). The number of rotatable bonds is 2. The van der Waals surface area contributed by atoms with E-state index in [9.17, 15) is 18.0 Å². The van der Waals surface area contributed by atoms with Crippen LogP contribution in [0.3, 0.4) is 0 Å². The van der Waals surface area contributed by atoms with Gasteiger partial charge in [-0.1, -0.05) is 0 Å². The molecule has 1 saturated carbocycles. The minimum Gasteiger partial charge on any atom is -0.480 e. The molecule has 0 spiro atoms. The summed E-state index contributed by atoms with van der Waals surface area (Å²) in [5.41, 5.74) is 3.51. The van der Waals surface area contributed by atoms with Gasteiger partial charge in [0.15, 0.2) is 0 Å². The third kappa shape index (κ3) is 1.69. The van der Waals surface area contributed by atoms with Gasteiger partial charge in [-0.25, -0.2) is 0 Å². The van der Waals surface area contributed by atoms with Crippen molar-refractivity contribution in [3.63, 3.8) is 0 Å². The summed E-state index contributed by atoms with van der Waals surface area (Å²) in [6, 6.07) is 0. The molecule has 0 aromatic rings. The molecule has 1 aliphatic rings. The maximum atomic E-state index is 11.7. The van der Waals surface area contributed by atoms with Crippen LogP contribution in [-0.2, 0) is 4.79 Å². The average molecular weight is 183 g/mol. The molecule has 3 nitrogen and oxygen atoms in total. The van der Waals surface area contributed by atoms with E-state index < -0.39 is 30.0 Å². The number of nitrogens with two attached hydrogens (primary N) is 1. The van der Waals surface area contributed by atoms with Gasteiger partial charge in [0.2, 0.25) is 0 Å². The molecule has 12 heavy (non-hydrogen) atoms. The van der Waals surface area contributed by atoms with E-state index in [0.29, 0.717) is 0 Å². The number of carboxylic acids is 1. The minimum atomic E-state index is -4.32. The Morgan fingerprint density at radius 1 is 1.67 bits per heavy atom. The lowest BCUT2D eigenvalue weighted by atomic mass is 10.2. The van der Waals surface area contributed by atoms with Crippen LogP contribution in [0.4, 0.5) is 13.2 Å². The molecule has 0 aromatic heterocycles. The van der Waals surface area contributed by atoms with Gasteiger partial charge in [-0.15, -0.1) is 0 Å².